The molecular formula is C9H14N4O2. The van der Waals surface area contributed by atoms with E-state index in [0.29, 0.717) is 12.5 Å². The van der Waals surface area contributed by atoms with Crippen LogP contribution in [0.25, 0.3) is 0 Å². The Morgan fingerprint density at radius 1 is 1.67 bits per heavy atom. The summed E-state index contributed by atoms with van der Waals surface area (Å²) in [7, 11) is 0. The van der Waals surface area contributed by atoms with Crippen LogP contribution in [0.5, 0.6) is 0 Å². The third-order valence-corrected chi connectivity index (χ3v) is 2.45. The quantitative estimate of drug-likeness (QED) is 0.664. The van der Waals surface area contributed by atoms with Gasteiger partial charge in [0.2, 0.25) is 5.91 Å². The molecule has 82 valence electrons. The van der Waals surface area contributed by atoms with Gasteiger partial charge in [-0.3, -0.25) is 4.79 Å². The molecule has 0 saturated heterocycles. The van der Waals surface area contributed by atoms with Crippen molar-refractivity contribution in [2.45, 2.75) is 25.5 Å². The third-order valence-electron chi connectivity index (χ3n) is 2.45. The van der Waals surface area contributed by atoms with Crippen molar-refractivity contribution in [1.29, 1.82) is 0 Å². The van der Waals surface area contributed by atoms with Gasteiger partial charge in [-0.1, -0.05) is 0 Å². The lowest BCUT2D eigenvalue weighted by Gasteiger charge is -2.10. The Bertz CT molecular complexity index is 321. The van der Waals surface area contributed by atoms with Crippen molar-refractivity contribution in [1.82, 2.24) is 20.1 Å². The summed E-state index contributed by atoms with van der Waals surface area (Å²) in [6.45, 7) is 0.482. The number of carbonyl (C=O) groups excluding carboxylic acids is 1. The zero-order valence-corrected chi connectivity index (χ0v) is 8.33. The van der Waals surface area contributed by atoms with E-state index in [4.69, 9.17) is 0 Å². The van der Waals surface area contributed by atoms with Crippen LogP contribution in [0.15, 0.2) is 12.7 Å². The topological polar surface area (TPSA) is 80.0 Å². The number of aliphatic hydroxyl groups excluding tert-OH is 1. The number of nitrogens with one attached hydrogen (secondary N) is 1. The van der Waals surface area contributed by atoms with Gasteiger partial charge in [0.25, 0.3) is 0 Å². The minimum Gasteiger partial charge on any atom is -0.391 e. The molecule has 2 rings (SSSR count). The molecule has 1 unspecified atom stereocenters. The third kappa shape index (κ3) is 3.02. The van der Waals surface area contributed by atoms with Crippen molar-refractivity contribution in [2.24, 2.45) is 5.92 Å². The molecule has 1 aliphatic rings. The Morgan fingerprint density at radius 3 is 3.07 bits per heavy atom. The van der Waals surface area contributed by atoms with Gasteiger partial charge in [-0.05, 0) is 18.8 Å². The van der Waals surface area contributed by atoms with Crippen LogP contribution in [0.3, 0.4) is 0 Å². The van der Waals surface area contributed by atoms with Crippen LogP contribution in [-0.4, -0.2) is 38.4 Å². The summed E-state index contributed by atoms with van der Waals surface area (Å²) >= 11 is 0. The predicted octanol–water partition coefficient (Wildman–Crippen LogP) is -0.835. The van der Waals surface area contributed by atoms with Gasteiger partial charge in [0.15, 0.2) is 0 Å². The normalized spacial score (nSPS) is 17.4. The Kier molecular flexibility index (Phi) is 2.96. The second kappa shape index (κ2) is 4.39. The number of carbonyl (C=O) groups is 1. The molecule has 0 aromatic carbocycles. The highest BCUT2D eigenvalue weighted by Gasteiger charge is 2.29. The van der Waals surface area contributed by atoms with Crippen LogP contribution in [-0.2, 0) is 11.3 Å². The van der Waals surface area contributed by atoms with Crippen LogP contribution < -0.4 is 5.32 Å². The first-order valence-corrected chi connectivity index (χ1v) is 5.03. The zero-order valence-electron chi connectivity index (χ0n) is 8.33. The zero-order chi connectivity index (χ0) is 10.7. The summed E-state index contributed by atoms with van der Waals surface area (Å²) in [4.78, 5) is 15.1. The largest absolute Gasteiger partial charge is 0.391 e. The van der Waals surface area contributed by atoms with E-state index in [1.807, 2.05) is 0 Å². The number of rotatable bonds is 5. The second-order valence-electron chi connectivity index (χ2n) is 3.80. The molecule has 0 spiro atoms. The Hall–Kier alpha value is -1.43. The Labute approximate surface area is 87.3 Å². The van der Waals surface area contributed by atoms with Crippen LogP contribution in [0.2, 0.25) is 0 Å². The minimum absolute atomic E-state index is 0.150. The molecule has 6 heteroatoms. The Morgan fingerprint density at radius 2 is 2.47 bits per heavy atom. The monoisotopic (exact) mass is 210 g/mol. The van der Waals surface area contributed by atoms with Gasteiger partial charge in [-0.25, -0.2) is 9.67 Å². The van der Waals surface area contributed by atoms with Gasteiger partial charge in [0, 0.05) is 6.54 Å². The van der Waals surface area contributed by atoms with E-state index >= 15 is 0 Å². The number of amides is 1. The molecule has 1 aromatic heterocycles. The summed E-state index contributed by atoms with van der Waals surface area (Å²) in [5.41, 5.74) is 0. The fourth-order valence-corrected chi connectivity index (χ4v) is 1.38. The van der Waals surface area contributed by atoms with Gasteiger partial charge < -0.3 is 10.4 Å². The first-order chi connectivity index (χ1) is 7.25. The molecule has 1 atom stereocenters. The molecular weight excluding hydrogens is 196 g/mol. The maximum atomic E-state index is 11.3. The molecule has 15 heavy (non-hydrogen) atoms. The first kappa shape index (κ1) is 10.1. The highest BCUT2D eigenvalue weighted by Crippen LogP contribution is 2.32. The van der Waals surface area contributed by atoms with Crippen LogP contribution in [0, 0.1) is 5.92 Å². The minimum atomic E-state index is -0.398. The average Bonchev–Trinajstić information content (AvgIpc) is 2.95. The molecule has 1 saturated carbocycles. The lowest BCUT2D eigenvalue weighted by Crippen LogP contribution is -2.35. The van der Waals surface area contributed by atoms with E-state index in [0.717, 1.165) is 12.8 Å². The SMILES string of the molecule is O=C(Cn1cncn1)NCC(O)C1CC1. The van der Waals surface area contributed by atoms with Gasteiger partial charge in [-0.2, -0.15) is 5.10 Å². The van der Waals surface area contributed by atoms with E-state index in [1.54, 1.807) is 0 Å². The van der Waals surface area contributed by atoms with Gasteiger partial charge >= 0.3 is 0 Å². The fourth-order valence-electron chi connectivity index (χ4n) is 1.38. The molecule has 0 aliphatic heterocycles. The van der Waals surface area contributed by atoms with Crippen LogP contribution >= 0.6 is 0 Å². The van der Waals surface area contributed by atoms with Crippen molar-refractivity contribution in [3.05, 3.63) is 12.7 Å². The van der Waals surface area contributed by atoms with Crippen molar-refractivity contribution in [2.75, 3.05) is 6.54 Å². The predicted molar refractivity (Wildman–Crippen MR) is 51.8 cm³/mol. The molecule has 2 N–H and O–H groups in total. The van der Waals surface area contributed by atoms with E-state index in [-0.39, 0.29) is 12.5 Å². The van der Waals surface area contributed by atoms with Crippen molar-refractivity contribution >= 4 is 5.91 Å². The van der Waals surface area contributed by atoms with Gasteiger partial charge in [0.05, 0.1) is 6.10 Å². The smallest absolute Gasteiger partial charge is 0.241 e. The summed E-state index contributed by atoms with van der Waals surface area (Å²) in [6, 6.07) is 0. The molecule has 6 nitrogen and oxygen atoms in total. The van der Waals surface area contributed by atoms with Crippen LogP contribution in [0.4, 0.5) is 0 Å². The number of hydrogen-bond acceptors (Lipinski definition) is 4. The first-order valence-electron chi connectivity index (χ1n) is 5.03. The molecule has 1 aliphatic carbocycles. The number of aliphatic hydroxyl groups is 1. The molecule has 0 radical (unpaired) electrons. The van der Waals surface area contributed by atoms with Crippen molar-refractivity contribution < 1.29 is 9.90 Å². The van der Waals surface area contributed by atoms with Crippen molar-refractivity contribution in [3.8, 4) is 0 Å². The summed E-state index contributed by atoms with van der Waals surface area (Å²) < 4.78 is 1.44. The molecule has 0 bridgehead atoms. The molecule has 1 heterocycles. The summed E-state index contributed by atoms with van der Waals surface area (Å²) in [6.07, 6.45) is 4.60. The lowest BCUT2D eigenvalue weighted by molar-refractivity contribution is -0.122. The summed E-state index contributed by atoms with van der Waals surface area (Å²) in [5.74, 6) is 0.233. The molecule has 1 fully saturated rings. The average molecular weight is 210 g/mol. The summed E-state index contributed by atoms with van der Waals surface area (Å²) in [5, 5.41) is 16.0. The lowest BCUT2D eigenvalue weighted by atomic mass is 10.2. The van der Waals surface area contributed by atoms with E-state index in [2.05, 4.69) is 15.4 Å². The maximum absolute atomic E-state index is 11.3. The number of aromatic nitrogens is 3. The van der Waals surface area contributed by atoms with Crippen molar-refractivity contribution in [3.63, 3.8) is 0 Å². The highest BCUT2D eigenvalue weighted by molar-refractivity contribution is 5.75. The molecule has 1 amide bonds. The molecule has 1 aromatic rings. The number of hydrogen-bond donors (Lipinski definition) is 2. The highest BCUT2D eigenvalue weighted by atomic mass is 16.3. The van der Waals surface area contributed by atoms with E-state index in [1.165, 1.54) is 17.3 Å². The second-order valence-corrected chi connectivity index (χ2v) is 3.80. The Balaban J connectivity index is 1.68. The number of nitrogens with zero attached hydrogens (tertiary/aromatic N) is 3. The standard InChI is InChI=1S/C9H14N4O2/c14-8(7-1-2-7)3-11-9(15)4-13-6-10-5-12-13/h5-8,14H,1-4H2,(H,11,15). The van der Waals surface area contributed by atoms with E-state index in [9.17, 15) is 9.90 Å². The van der Waals surface area contributed by atoms with Gasteiger partial charge in [0.1, 0.15) is 19.2 Å². The van der Waals surface area contributed by atoms with Gasteiger partial charge in [-0.15, -0.1) is 0 Å². The van der Waals surface area contributed by atoms with Crippen LogP contribution in [0.1, 0.15) is 12.8 Å². The maximum Gasteiger partial charge on any atom is 0.241 e. The van der Waals surface area contributed by atoms with E-state index < -0.39 is 6.10 Å². The fraction of sp³-hybridized carbons (Fsp3) is 0.667.